The van der Waals surface area contributed by atoms with E-state index in [2.05, 4.69) is 35.8 Å². The molecule has 0 atom stereocenters. The van der Waals surface area contributed by atoms with Crippen LogP contribution in [0.4, 0.5) is 0 Å². The Balaban J connectivity index is 1.51. The maximum Gasteiger partial charge on any atom is 0.0212 e. The van der Waals surface area contributed by atoms with Gasteiger partial charge in [-0.05, 0) is 41.4 Å². The van der Waals surface area contributed by atoms with Gasteiger partial charge in [0.15, 0.2) is 0 Å². The maximum atomic E-state index is 3.66. The number of fused-ring (bicyclic) bond motifs is 1. The van der Waals surface area contributed by atoms with Gasteiger partial charge in [-0.25, -0.2) is 0 Å². The fourth-order valence-electron chi connectivity index (χ4n) is 3.15. The topological polar surface area (TPSA) is 24.1 Å². The highest BCUT2D eigenvalue weighted by Crippen LogP contribution is 2.48. The summed E-state index contributed by atoms with van der Waals surface area (Å²) in [6.07, 6.45) is 5.59. The van der Waals surface area contributed by atoms with Crippen LogP contribution in [-0.2, 0) is 19.6 Å². The Morgan fingerprint density at radius 3 is 2.83 bits per heavy atom. The van der Waals surface area contributed by atoms with E-state index >= 15 is 0 Å². The van der Waals surface area contributed by atoms with Gasteiger partial charge in [0, 0.05) is 26.2 Å². The molecule has 2 aliphatic rings. The van der Waals surface area contributed by atoms with Crippen molar-refractivity contribution in [2.75, 3.05) is 6.54 Å². The SMILES string of the molecule is CCCC1(CNCc2ccc3c(c2)CNC3)CC1. The van der Waals surface area contributed by atoms with Crippen LogP contribution in [0, 0.1) is 5.41 Å². The Morgan fingerprint density at radius 2 is 2.06 bits per heavy atom. The molecule has 1 aromatic carbocycles. The van der Waals surface area contributed by atoms with Crippen LogP contribution in [0.15, 0.2) is 18.2 Å². The molecule has 1 aromatic rings. The number of nitrogens with one attached hydrogen (secondary N) is 2. The van der Waals surface area contributed by atoms with Crippen LogP contribution in [-0.4, -0.2) is 6.54 Å². The molecular weight excluding hydrogens is 220 g/mol. The van der Waals surface area contributed by atoms with Crippen LogP contribution in [0.1, 0.15) is 49.3 Å². The normalized spacial score (nSPS) is 19.8. The van der Waals surface area contributed by atoms with Crippen LogP contribution in [0.25, 0.3) is 0 Å². The minimum atomic E-state index is 0.660. The molecule has 1 heterocycles. The molecule has 0 saturated heterocycles. The van der Waals surface area contributed by atoms with Crippen LogP contribution in [0.3, 0.4) is 0 Å². The summed E-state index contributed by atoms with van der Waals surface area (Å²) in [5.41, 5.74) is 5.06. The first kappa shape index (κ1) is 12.2. The predicted octanol–water partition coefficient (Wildman–Crippen LogP) is 2.96. The molecule has 3 rings (SSSR count). The third kappa shape index (κ3) is 2.60. The van der Waals surface area contributed by atoms with Crippen LogP contribution >= 0.6 is 0 Å². The Labute approximate surface area is 110 Å². The predicted molar refractivity (Wildman–Crippen MR) is 75.3 cm³/mol. The highest BCUT2D eigenvalue weighted by molar-refractivity contribution is 5.34. The Bertz CT molecular complexity index is 421. The van der Waals surface area contributed by atoms with Gasteiger partial charge in [0.25, 0.3) is 0 Å². The Kier molecular flexibility index (Phi) is 3.40. The summed E-state index contributed by atoms with van der Waals surface area (Å²) in [5, 5.41) is 7.06. The van der Waals surface area contributed by atoms with E-state index in [-0.39, 0.29) is 0 Å². The molecule has 18 heavy (non-hydrogen) atoms. The smallest absolute Gasteiger partial charge is 0.0212 e. The minimum Gasteiger partial charge on any atom is -0.312 e. The van der Waals surface area contributed by atoms with Crippen molar-refractivity contribution in [1.82, 2.24) is 10.6 Å². The monoisotopic (exact) mass is 244 g/mol. The second kappa shape index (κ2) is 5.02. The van der Waals surface area contributed by atoms with E-state index in [0.29, 0.717) is 5.41 Å². The van der Waals surface area contributed by atoms with Crippen molar-refractivity contribution in [3.8, 4) is 0 Å². The zero-order valence-electron chi connectivity index (χ0n) is 11.4. The van der Waals surface area contributed by atoms with Gasteiger partial charge in [-0.1, -0.05) is 31.5 Å². The van der Waals surface area contributed by atoms with Crippen molar-refractivity contribution in [3.05, 3.63) is 34.9 Å². The summed E-state index contributed by atoms with van der Waals surface area (Å²) in [5.74, 6) is 0. The van der Waals surface area contributed by atoms with Crippen molar-refractivity contribution in [2.45, 2.75) is 52.2 Å². The quantitative estimate of drug-likeness (QED) is 0.804. The van der Waals surface area contributed by atoms with Crippen LogP contribution in [0.2, 0.25) is 0 Å². The molecule has 1 saturated carbocycles. The van der Waals surface area contributed by atoms with Gasteiger partial charge < -0.3 is 10.6 Å². The van der Waals surface area contributed by atoms with Crippen molar-refractivity contribution >= 4 is 0 Å². The van der Waals surface area contributed by atoms with Gasteiger partial charge in [-0.3, -0.25) is 0 Å². The molecule has 2 N–H and O–H groups in total. The highest BCUT2D eigenvalue weighted by atomic mass is 14.9. The number of benzene rings is 1. The lowest BCUT2D eigenvalue weighted by Crippen LogP contribution is -2.23. The van der Waals surface area contributed by atoms with Crippen molar-refractivity contribution in [1.29, 1.82) is 0 Å². The number of hydrogen-bond acceptors (Lipinski definition) is 2. The van der Waals surface area contributed by atoms with Gasteiger partial charge in [0.1, 0.15) is 0 Å². The summed E-state index contributed by atoms with van der Waals surface area (Å²) >= 11 is 0. The first-order valence-corrected chi connectivity index (χ1v) is 7.33. The summed E-state index contributed by atoms with van der Waals surface area (Å²) in [6, 6.07) is 6.92. The molecule has 2 nitrogen and oxygen atoms in total. The van der Waals surface area contributed by atoms with Crippen molar-refractivity contribution in [3.63, 3.8) is 0 Å². The fourth-order valence-corrected chi connectivity index (χ4v) is 3.15. The second-order valence-corrected chi connectivity index (χ2v) is 6.06. The average molecular weight is 244 g/mol. The van der Waals surface area contributed by atoms with E-state index in [9.17, 15) is 0 Å². The molecule has 0 unspecified atom stereocenters. The first-order valence-electron chi connectivity index (χ1n) is 7.33. The molecular formula is C16H24N2. The van der Waals surface area contributed by atoms with Crippen LogP contribution in [0.5, 0.6) is 0 Å². The molecule has 0 amide bonds. The molecule has 1 aliphatic heterocycles. The third-order valence-electron chi connectivity index (χ3n) is 4.47. The van der Waals surface area contributed by atoms with Crippen molar-refractivity contribution in [2.24, 2.45) is 5.41 Å². The lowest BCUT2D eigenvalue weighted by molar-refractivity contribution is 0.421. The molecule has 1 aliphatic carbocycles. The second-order valence-electron chi connectivity index (χ2n) is 6.06. The average Bonchev–Trinajstić information content (AvgIpc) is 2.97. The molecule has 0 spiro atoms. The van der Waals surface area contributed by atoms with Gasteiger partial charge >= 0.3 is 0 Å². The summed E-state index contributed by atoms with van der Waals surface area (Å²) in [4.78, 5) is 0. The van der Waals surface area contributed by atoms with E-state index < -0.39 is 0 Å². The van der Waals surface area contributed by atoms with E-state index in [1.165, 1.54) is 48.9 Å². The molecule has 2 heteroatoms. The lowest BCUT2D eigenvalue weighted by Gasteiger charge is -2.15. The molecule has 0 aromatic heterocycles. The van der Waals surface area contributed by atoms with E-state index in [0.717, 1.165) is 19.6 Å². The third-order valence-corrected chi connectivity index (χ3v) is 4.47. The lowest BCUT2D eigenvalue weighted by atomic mass is 10.0. The summed E-state index contributed by atoms with van der Waals surface area (Å²) < 4.78 is 0. The van der Waals surface area contributed by atoms with Crippen LogP contribution < -0.4 is 10.6 Å². The number of rotatable bonds is 6. The molecule has 1 fully saturated rings. The Morgan fingerprint density at radius 1 is 1.22 bits per heavy atom. The number of hydrogen-bond donors (Lipinski definition) is 2. The maximum absolute atomic E-state index is 3.66. The van der Waals surface area contributed by atoms with Gasteiger partial charge in [0.2, 0.25) is 0 Å². The largest absolute Gasteiger partial charge is 0.312 e. The zero-order chi connectivity index (χ0) is 12.4. The molecule has 0 bridgehead atoms. The fraction of sp³-hybridized carbons (Fsp3) is 0.625. The van der Waals surface area contributed by atoms with E-state index in [1.807, 2.05) is 0 Å². The highest BCUT2D eigenvalue weighted by Gasteiger charge is 2.40. The minimum absolute atomic E-state index is 0.660. The molecule has 98 valence electrons. The zero-order valence-corrected chi connectivity index (χ0v) is 11.4. The summed E-state index contributed by atoms with van der Waals surface area (Å²) in [6.45, 7) is 6.62. The standard InChI is InChI=1S/C16H24N2/c1-2-5-16(6-7-16)12-18-9-13-3-4-14-10-17-11-15(14)8-13/h3-4,8,17-18H,2,5-7,9-12H2,1H3. The van der Waals surface area contributed by atoms with Gasteiger partial charge in [0.05, 0.1) is 0 Å². The van der Waals surface area contributed by atoms with Gasteiger partial charge in [-0.15, -0.1) is 0 Å². The molecule has 0 radical (unpaired) electrons. The van der Waals surface area contributed by atoms with E-state index in [1.54, 1.807) is 0 Å². The van der Waals surface area contributed by atoms with E-state index in [4.69, 9.17) is 0 Å². The Hall–Kier alpha value is -0.860. The van der Waals surface area contributed by atoms with Crippen molar-refractivity contribution < 1.29 is 0 Å². The summed E-state index contributed by atoms with van der Waals surface area (Å²) in [7, 11) is 0. The van der Waals surface area contributed by atoms with Gasteiger partial charge in [-0.2, -0.15) is 0 Å². The first-order chi connectivity index (χ1) is 8.81.